The molecule has 1 aromatic heterocycles. The molecule has 1 aliphatic rings. The normalized spacial score (nSPS) is 11.8. The Hall–Kier alpha value is -4.52. The van der Waals surface area contributed by atoms with Gasteiger partial charge in [0.25, 0.3) is 0 Å². The number of hydrogen-bond acceptors (Lipinski definition) is 6. The third-order valence-electron chi connectivity index (χ3n) is 6.06. The summed E-state index contributed by atoms with van der Waals surface area (Å²) in [7, 11) is 0. The van der Waals surface area contributed by atoms with E-state index in [-0.39, 0.29) is 24.7 Å². The predicted octanol–water partition coefficient (Wildman–Crippen LogP) is 5.71. The number of carbonyl (C=O) groups is 2. The fourth-order valence-electron chi connectivity index (χ4n) is 4.17. The number of fused-ring (bicyclic) bond motifs is 1. The topological polar surface area (TPSA) is 76.0 Å². The fraction of sp³-hybridized carbons (Fsp3) is 0.172. The van der Waals surface area contributed by atoms with Crippen molar-refractivity contribution >= 4 is 11.8 Å². The highest BCUT2D eigenvalue weighted by molar-refractivity contribution is 6.01. The molecule has 36 heavy (non-hydrogen) atoms. The number of carbonyl (C=O) groups excluding carboxylic acids is 2. The maximum atomic E-state index is 13.0. The van der Waals surface area contributed by atoms with E-state index in [2.05, 4.69) is 4.57 Å². The van der Waals surface area contributed by atoms with Gasteiger partial charge in [0.15, 0.2) is 18.1 Å². The van der Waals surface area contributed by atoms with Crippen molar-refractivity contribution in [2.45, 2.75) is 20.4 Å². The van der Waals surface area contributed by atoms with Crippen LogP contribution in [0.3, 0.4) is 0 Å². The number of esters is 1. The zero-order chi connectivity index (χ0) is 25.1. The fourth-order valence-corrected chi connectivity index (χ4v) is 4.17. The Labute approximate surface area is 208 Å². The van der Waals surface area contributed by atoms with Gasteiger partial charge in [0.2, 0.25) is 12.6 Å². The summed E-state index contributed by atoms with van der Waals surface area (Å²) < 4.78 is 24.1. The molecular weight excluding hydrogens is 458 g/mol. The van der Waals surface area contributed by atoms with Gasteiger partial charge in [-0.05, 0) is 61.9 Å². The molecule has 5 rings (SSSR count). The standard InChI is InChI=1S/C29H25NO6/c1-19-14-24(20(2)30(19)16-21-12-13-27-28(15-21)35-18-34-27)25(31)17-33-29(32)23-10-6-7-11-26(23)36-22-8-4-3-5-9-22/h3-15H,16-18H2,1-2H3. The van der Waals surface area contributed by atoms with Crippen LogP contribution in [0.1, 0.15) is 37.7 Å². The van der Waals surface area contributed by atoms with Crippen LogP contribution in [0.5, 0.6) is 23.0 Å². The molecule has 182 valence electrons. The first-order chi connectivity index (χ1) is 17.5. The summed E-state index contributed by atoms with van der Waals surface area (Å²) in [6.07, 6.45) is 0. The minimum absolute atomic E-state index is 0.223. The average Bonchev–Trinajstić information content (AvgIpc) is 3.47. The van der Waals surface area contributed by atoms with Crippen LogP contribution in [0.2, 0.25) is 0 Å². The van der Waals surface area contributed by atoms with Crippen LogP contribution < -0.4 is 14.2 Å². The number of hydrogen-bond donors (Lipinski definition) is 0. The lowest BCUT2D eigenvalue weighted by atomic mass is 10.1. The Bertz CT molecular complexity index is 1420. The number of para-hydroxylation sites is 2. The number of ketones is 1. The molecule has 0 aliphatic carbocycles. The number of aryl methyl sites for hydroxylation is 1. The Morgan fingerprint density at radius 1 is 0.861 bits per heavy atom. The maximum absolute atomic E-state index is 13.0. The number of benzene rings is 3. The second-order valence-corrected chi connectivity index (χ2v) is 8.47. The first-order valence-corrected chi connectivity index (χ1v) is 11.6. The molecule has 1 aliphatic heterocycles. The first kappa shape index (κ1) is 23.2. The van der Waals surface area contributed by atoms with E-state index in [4.69, 9.17) is 18.9 Å². The van der Waals surface area contributed by atoms with E-state index in [0.29, 0.717) is 23.6 Å². The third-order valence-corrected chi connectivity index (χ3v) is 6.06. The summed E-state index contributed by atoms with van der Waals surface area (Å²) in [6.45, 7) is 4.26. The molecule has 0 spiro atoms. The molecule has 0 amide bonds. The Morgan fingerprint density at radius 2 is 1.61 bits per heavy atom. The summed E-state index contributed by atoms with van der Waals surface area (Å²) in [5, 5.41) is 0. The molecule has 0 bridgehead atoms. The van der Waals surface area contributed by atoms with E-state index < -0.39 is 5.97 Å². The van der Waals surface area contributed by atoms with Crippen molar-refractivity contribution in [3.05, 3.63) is 107 Å². The first-order valence-electron chi connectivity index (χ1n) is 11.6. The van der Waals surface area contributed by atoms with E-state index >= 15 is 0 Å². The molecule has 0 radical (unpaired) electrons. The molecule has 0 unspecified atom stereocenters. The molecule has 0 atom stereocenters. The number of ether oxygens (including phenoxy) is 4. The van der Waals surface area contributed by atoms with E-state index in [1.807, 2.05) is 56.3 Å². The van der Waals surface area contributed by atoms with Gasteiger partial charge in [-0.1, -0.05) is 36.4 Å². The SMILES string of the molecule is Cc1cc(C(=O)COC(=O)c2ccccc2Oc2ccccc2)c(C)n1Cc1ccc2c(c1)OCO2. The third kappa shape index (κ3) is 4.81. The molecule has 3 aromatic carbocycles. The van der Waals surface area contributed by atoms with Gasteiger partial charge in [0.1, 0.15) is 17.1 Å². The van der Waals surface area contributed by atoms with Gasteiger partial charge < -0.3 is 23.5 Å². The minimum atomic E-state index is -0.621. The zero-order valence-electron chi connectivity index (χ0n) is 20.0. The van der Waals surface area contributed by atoms with Crippen molar-refractivity contribution < 1.29 is 28.5 Å². The monoisotopic (exact) mass is 483 g/mol. The van der Waals surface area contributed by atoms with Crippen molar-refractivity contribution in [1.29, 1.82) is 0 Å². The smallest absolute Gasteiger partial charge is 0.342 e. The molecule has 0 saturated carbocycles. The van der Waals surface area contributed by atoms with E-state index in [9.17, 15) is 9.59 Å². The van der Waals surface area contributed by atoms with Crippen LogP contribution in [-0.4, -0.2) is 29.7 Å². The lowest BCUT2D eigenvalue weighted by Gasteiger charge is -2.11. The lowest BCUT2D eigenvalue weighted by Crippen LogP contribution is -2.15. The molecular formula is C29H25NO6. The van der Waals surface area contributed by atoms with Gasteiger partial charge in [-0.3, -0.25) is 4.79 Å². The number of Topliss-reactive ketones (excluding diaryl/α,β-unsaturated/α-hetero) is 1. The van der Waals surface area contributed by atoms with Crippen LogP contribution >= 0.6 is 0 Å². The summed E-state index contributed by atoms with van der Waals surface area (Å²) in [4.78, 5) is 25.8. The van der Waals surface area contributed by atoms with Crippen LogP contribution in [0, 0.1) is 13.8 Å². The molecule has 0 N–H and O–H groups in total. The highest BCUT2D eigenvalue weighted by Gasteiger charge is 2.21. The summed E-state index contributed by atoms with van der Waals surface area (Å²) in [5.41, 5.74) is 3.54. The quantitative estimate of drug-likeness (QED) is 0.236. The van der Waals surface area contributed by atoms with Gasteiger partial charge in [-0.25, -0.2) is 4.79 Å². The van der Waals surface area contributed by atoms with Crippen molar-refractivity contribution in [1.82, 2.24) is 4.57 Å². The van der Waals surface area contributed by atoms with Crippen LogP contribution in [0.4, 0.5) is 0 Å². The maximum Gasteiger partial charge on any atom is 0.342 e. The highest BCUT2D eigenvalue weighted by Crippen LogP contribution is 2.33. The molecule has 7 heteroatoms. The number of aromatic nitrogens is 1. The Morgan fingerprint density at radius 3 is 2.44 bits per heavy atom. The van der Waals surface area contributed by atoms with Gasteiger partial charge in [0, 0.05) is 23.5 Å². The largest absolute Gasteiger partial charge is 0.456 e. The van der Waals surface area contributed by atoms with E-state index in [1.165, 1.54) is 0 Å². The van der Waals surface area contributed by atoms with Crippen LogP contribution in [-0.2, 0) is 11.3 Å². The molecule has 0 fully saturated rings. The van der Waals surface area contributed by atoms with Crippen molar-refractivity contribution in [3.63, 3.8) is 0 Å². The average molecular weight is 484 g/mol. The summed E-state index contributed by atoms with van der Waals surface area (Å²) >= 11 is 0. The molecule has 7 nitrogen and oxygen atoms in total. The van der Waals surface area contributed by atoms with Gasteiger partial charge in [0.05, 0.1) is 0 Å². The minimum Gasteiger partial charge on any atom is -0.456 e. The van der Waals surface area contributed by atoms with Crippen molar-refractivity contribution in [2.24, 2.45) is 0 Å². The second kappa shape index (κ2) is 10.00. The highest BCUT2D eigenvalue weighted by atomic mass is 16.7. The Kier molecular flexibility index (Phi) is 6.45. The summed E-state index contributed by atoms with van der Waals surface area (Å²) in [6, 6.07) is 23.6. The lowest BCUT2D eigenvalue weighted by molar-refractivity contribution is 0.0472. The molecule has 2 heterocycles. The number of rotatable bonds is 8. The van der Waals surface area contributed by atoms with Crippen molar-refractivity contribution in [2.75, 3.05) is 13.4 Å². The Balaban J connectivity index is 1.26. The second-order valence-electron chi connectivity index (χ2n) is 8.47. The molecule has 0 saturated heterocycles. The van der Waals surface area contributed by atoms with E-state index in [1.54, 1.807) is 36.4 Å². The van der Waals surface area contributed by atoms with Crippen molar-refractivity contribution in [3.8, 4) is 23.0 Å². The van der Waals surface area contributed by atoms with E-state index in [0.717, 1.165) is 28.5 Å². The zero-order valence-corrected chi connectivity index (χ0v) is 20.0. The van der Waals surface area contributed by atoms with Gasteiger partial charge in [-0.15, -0.1) is 0 Å². The van der Waals surface area contributed by atoms with Crippen LogP contribution in [0.25, 0.3) is 0 Å². The summed E-state index contributed by atoms with van der Waals surface area (Å²) in [5.74, 6) is 1.52. The molecule has 4 aromatic rings. The number of nitrogens with zero attached hydrogens (tertiary/aromatic N) is 1. The van der Waals surface area contributed by atoms with Crippen LogP contribution in [0.15, 0.2) is 78.9 Å². The van der Waals surface area contributed by atoms with Gasteiger partial charge in [-0.2, -0.15) is 0 Å². The predicted molar refractivity (Wildman–Crippen MR) is 133 cm³/mol. The van der Waals surface area contributed by atoms with Gasteiger partial charge >= 0.3 is 5.97 Å².